The molecule has 0 radical (unpaired) electrons. The highest BCUT2D eigenvalue weighted by Gasteiger charge is 2.27. The van der Waals surface area contributed by atoms with Crippen LogP contribution in [0.1, 0.15) is 12.5 Å². The first kappa shape index (κ1) is 13.8. The Balaban J connectivity index is 2.00. The summed E-state index contributed by atoms with van der Waals surface area (Å²) in [4.78, 5) is 13.9. The second kappa shape index (κ2) is 6.50. The second-order valence-corrected chi connectivity index (χ2v) is 4.72. The van der Waals surface area contributed by atoms with E-state index in [1.165, 1.54) is 0 Å². The van der Waals surface area contributed by atoms with Crippen molar-refractivity contribution in [3.63, 3.8) is 0 Å². The lowest BCUT2D eigenvalue weighted by atomic mass is 10.1. The number of carbonyl (C=O) groups is 1. The van der Waals surface area contributed by atoms with Gasteiger partial charge < -0.3 is 14.7 Å². The first-order chi connectivity index (χ1) is 9.20. The van der Waals surface area contributed by atoms with E-state index < -0.39 is 0 Å². The number of aliphatic hydroxyl groups excluding tert-OH is 1. The lowest BCUT2D eigenvalue weighted by Crippen LogP contribution is -2.51. The number of benzene rings is 1. The van der Waals surface area contributed by atoms with Crippen molar-refractivity contribution in [1.82, 2.24) is 4.90 Å². The minimum absolute atomic E-state index is 0.0377. The number of morpholine rings is 1. The third-order valence-electron chi connectivity index (χ3n) is 3.21. The fourth-order valence-corrected chi connectivity index (χ4v) is 2.06. The Labute approximate surface area is 113 Å². The van der Waals surface area contributed by atoms with Gasteiger partial charge in [0.1, 0.15) is 0 Å². The van der Waals surface area contributed by atoms with Crippen LogP contribution in [0, 0.1) is 0 Å². The van der Waals surface area contributed by atoms with Gasteiger partial charge in [0.15, 0.2) is 0 Å². The van der Waals surface area contributed by atoms with E-state index in [1.807, 2.05) is 37.3 Å². The predicted molar refractivity (Wildman–Crippen MR) is 73.5 cm³/mol. The van der Waals surface area contributed by atoms with Crippen LogP contribution in [0.5, 0.6) is 0 Å². The average molecular weight is 261 g/mol. The first-order valence-corrected chi connectivity index (χ1v) is 6.47. The Morgan fingerprint density at radius 1 is 1.47 bits per heavy atom. The molecule has 0 spiro atoms. The Morgan fingerprint density at radius 2 is 2.21 bits per heavy atom. The third-order valence-corrected chi connectivity index (χ3v) is 3.21. The summed E-state index contributed by atoms with van der Waals surface area (Å²) in [5.74, 6) is -0.0434. The van der Waals surface area contributed by atoms with E-state index in [-0.39, 0.29) is 24.7 Å². The second-order valence-electron chi connectivity index (χ2n) is 4.72. The Morgan fingerprint density at radius 3 is 2.89 bits per heavy atom. The minimum atomic E-state index is -0.273. The van der Waals surface area contributed by atoms with Crippen LogP contribution in [0.2, 0.25) is 0 Å². The first-order valence-electron chi connectivity index (χ1n) is 6.47. The van der Waals surface area contributed by atoms with Gasteiger partial charge in [0.05, 0.1) is 25.4 Å². The molecule has 2 atom stereocenters. The molecule has 0 aliphatic carbocycles. The zero-order valence-corrected chi connectivity index (χ0v) is 11.0. The Hall–Kier alpha value is -1.65. The molecule has 4 heteroatoms. The maximum Gasteiger partial charge on any atom is 0.246 e. The van der Waals surface area contributed by atoms with Crippen LogP contribution in [0.3, 0.4) is 0 Å². The van der Waals surface area contributed by atoms with Gasteiger partial charge in [-0.25, -0.2) is 0 Å². The van der Waals surface area contributed by atoms with Gasteiger partial charge >= 0.3 is 0 Å². The van der Waals surface area contributed by atoms with Gasteiger partial charge in [-0.2, -0.15) is 0 Å². The molecule has 19 heavy (non-hydrogen) atoms. The summed E-state index contributed by atoms with van der Waals surface area (Å²) in [6.07, 6.45) is 3.11. The molecule has 4 nitrogen and oxygen atoms in total. The van der Waals surface area contributed by atoms with Crippen LogP contribution in [0.25, 0.3) is 6.08 Å². The molecule has 1 amide bonds. The molecule has 1 aromatic rings. The molecule has 1 aromatic carbocycles. The van der Waals surface area contributed by atoms with Crippen LogP contribution < -0.4 is 0 Å². The highest BCUT2D eigenvalue weighted by molar-refractivity contribution is 5.92. The van der Waals surface area contributed by atoms with Crippen LogP contribution >= 0.6 is 0 Å². The van der Waals surface area contributed by atoms with Crippen molar-refractivity contribution >= 4 is 12.0 Å². The SMILES string of the molecule is CC1COC(CO)CN1C(=O)/C=C/c1ccccc1. The number of aliphatic hydroxyl groups is 1. The summed E-state index contributed by atoms with van der Waals surface area (Å²) in [7, 11) is 0. The van der Waals surface area contributed by atoms with Crippen LogP contribution in [0.4, 0.5) is 0 Å². The fourth-order valence-electron chi connectivity index (χ4n) is 2.06. The Kier molecular flexibility index (Phi) is 4.71. The molecule has 0 bridgehead atoms. The Bertz CT molecular complexity index is 444. The lowest BCUT2D eigenvalue weighted by Gasteiger charge is -2.36. The monoisotopic (exact) mass is 261 g/mol. The molecule has 1 aliphatic rings. The number of amides is 1. The standard InChI is InChI=1S/C15H19NO3/c1-12-11-19-14(10-17)9-16(12)15(18)8-7-13-5-3-2-4-6-13/h2-8,12,14,17H,9-11H2,1H3/b8-7+. The largest absolute Gasteiger partial charge is 0.394 e. The van der Waals surface area contributed by atoms with Gasteiger partial charge in [0.2, 0.25) is 5.91 Å². The summed E-state index contributed by atoms with van der Waals surface area (Å²) < 4.78 is 5.41. The number of nitrogens with zero attached hydrogens (tertiary/aromatic N) is 1. The topological polar surface area (TPSA) is 49.8 Å². The molecule has 1 fully saturated rings. The molecule has 1 N–H and O–H groups in total. The normalized spacial score (nSPS) is 23.8. The van der Waals surface area contributed by atoms with E-state index in [9.17, 15) is 4.79 Å². The summed E-state index contributed by atoms with van der Waals surface area (Å²) >= 11 is 0. The highest BCUT2D eigenvalue weighted by Crippen LogP contribution is 2.12. The molecule has 0 aromatic heterocycles. The van der Waals surface area contributed by atoms with Gasteiger partial charge in [-0.05, 0) is 18.6 Å². The number of ether oxygens (including phenoxy) is 1. The van der Waals surface area contributed by atoms with Gasteiger partial charge in [-0.1, -0.05) is 30.3 Å². The molecule has 1 saturated heterocycles. The molecule has 2 unspecified atom stereocenters. The van der Waals surface area contributed by atoms with Crippen molar-refractivity contribution in [2.24, 2.45) is 0 Å². The van der Waals surface area contributed by atoms with Crippen LogP contribution in [-0.2, 0) is 9.53 Å². The summed E-state index contributed by atoms with van der Waals surface area (Å²) in [6, 6.07) is 9.74. The summed E-state index contributed by atoms with van der Waals surface area (Å²) in [5, 5.41) is 9.10. The highest BCUT2D eigenvalue weighted by atomic mass is 16.5. The van der Waals surface area contributed by atoms with E-state index in [0.29, 0.717) is 13.2 Å². The predicted octanol–water partition coefficient (Wildman–Crippen LogP) is 1.31. The molecular weight excluding hydrogens is 242 g/mol. The number of carbonyl (C=O) groups excluding carboxylic acids is 1. The smallest absolute Gasteiger partial charge is 0.246 e. The minimum Gasteiger partial charge on any atom is -0.394 e. The fraction of sp³-hybridized carbons (Fsp3) is 0.400. The van der Waals surface area contributed by atoms with E-state index in [1.54, 1.807) is 17.1 Å². The molecule has 1 aliphatic heterocycles. The zero-order valence-electron chi connectivity index (χ0n) is 11.0. The van der Waals surface area contributed by atoms with Crippen molar-refractivity contribution in [2.45, 2.75) is 19.1 Å². The van der Waals surface area contributed by atoms with Gasteiger partial charge in [0, 0.05) is 12.6 Å². The van der Waals surface area contributed by atoms with Crippen molar-refractivity contribution < 1.29 is 14.6 Å². The number of rotatable bonds is 3. The van der Waals surface area contributed by atoms with Gasteiger partial charge in [-0.3, -0.25) is 4.79 Å². The van der Waals surface area contributed by atoms with E-state index in [0.717, 1.165) is 5.56 Å². The maximum atomic E-state index is 12.1. The molecule has 1 heterocycles. The summed E-state index contributed by atoms with van der Waals surface area (Å²) in [6.45, 7) is 2.80. The van der Waals surface area contributed by atoms with Crippen LogP contribution in [0.15, 0.2) is 36.4 Å². The van der Waals surface area contributed by atoms with E-state index in [2.05, 4.69) is 0 Å². The van der Waals surface area contributed by atoms with Crippen molar-refractivity contribution in [3.8, 4) is 0 Å². The third kappa shape index (κ3) is 3.66. The van der Waals surface area contributed by atoms with Gasteiger partial charge in [0.25, 0.3) is 0 Å². The molecule has 0 saturated carbocycles. The van der Waals surface area contributed by atoms with Crippen molar-refractivity contribution in [1.29, 1.82) is 0 Å². The summed E-state index contributed by atoms with van der Waals surface area (Å²) in [5.41, 5.74) is 0.996. The molecule has 102 valence electrons. The molecule has 2 rings (SSSR count). The van der Waals surface area contributed by atoms with Crippen LogP contribution in [-0.4, -0.2) is 47.8 Å². The molecular formula is C15H19NO3. The number of hydrogen-bond acceptors (Lipinski definition) is 3. The van der Waals surface area contributed by atoms with Gasteiger partial charge in [-0.15, -0.1) is 0 Å². The van der Waals surface area contributed by atoms with Crippen molar-refractivity contribution in [2.75, 3.05) is 19.8 Å². The lowest BCUT2D eigenvalue weighted by molar-refractivity contribution is -0.140. The van der Waals surface area contributed by atoms with Crippen molar-refractivity contribution in [3.05, 3.63) is 42.0 Å². The number of hydrogen-bond donors (Lipinski definition) is 1. The zero-order chi connectivity index (χ0) is 13.7. The maximum absolute atomic E-state index is 12.1. The average Bonchev–Trinajstić information content (AvgIpc) is 2.46. The quantitative estimate of drug-likeness (QED) is 0.835. The van der Waals surface area contributed by atoms with E-state index in [4.69, 9.17) is 9.84 Å². The van der Waals surface area contributed by atoms with E-state index >= 15 is 0 Å².